The molecule has 1 heterocycles. The molecule has 4 rings (SSSR count). The summed E-state index contributed by atoms with van der Waals surface area (Å²) < 4.78 is 6.89. The highest BCUT2D eigenvalue weighted by Crippen LogP contribution is 2.29. The van der Waals surface area contributed by atoms with Crippen LogP contribution in [0.25, 0.3) is 21.9 Å². The Balaban J connectivity index is 1.45. The highest BCUT2D eigenvalue weighted by molar-refractivity contribution is 9.10. The fourth-order valence-electron chi connectivity index (χ4n) is 3.24. The molecular weight excluding hydrogens is 434 g/mol. The van der Waals surface area contributed by atoms with Gasteiger partial charge in [0.2, 0.25) is 0 Å². The monoisotopic (exact) mass is 451 g/mol. The van der Waals surface area contributed by atoms with E-state index in [2.05, 4.69) is 63.4 Å². The van der Waals surface area contributed by atoms with Crippen molar-refractivity contribution < 1.29 is 4.74 Å². The van der Waals surface area contributed by atoms with E-state index in [4.69, 9.17) is 16.3 Å². The van der Waals surface area contributed by atoms with Gasteiger partial charge < -0.3 is 4.74 Å². The van der Waals surface area contributed by atoms with Crippen molar-refractivity contribution in [3.05, 3.63) is 94.7 Å². The Morgan fingerprint density at radius 2 is 1.75 bits per heavy atom. The average molecular weight is 453 g/mol. The summed E-state index contributed by atoms with van der Waals surface area (Å²) in [6.07, 6.45) is 4.60. The van der Waals surface area contributed by atoms with Gasteiger partial charge in [0.1, 0.15) is 5.75 Å². The molecule has 0 N–H and O–H groups in total. The first-order valence-corrected chi connectivity index (χ1v) is 10.5. The maximum Gasteiger partial charge on any atom is 0.133 e. The molecule has 0 aliphatic carbocycles. The van der Waals surface area contributed by atoms with Crippen LogP contribution in [0.4, 0.5) is 0 Å². The zero-order valence-corrected chi connectivity index (χ0v) is 17.6. The molecule has 0 amide bonds. The van der Waals surface area contributed by atoms with E-state index in [0.717, 1.165) is 22.2 Å². The summed E-state index contributed by atoms with van der Waals surface area (Å²) >= 11 is 9.44. The topological polar surface area (TPSA) is 22.1 Å². The maximum absolute atomic E-state index is 5.94. The van der Waals surface area contributed by atoms with Gasteiger partial charge in [-0.15, -0.1) is 11.6 Å². The van der Waals surface area contributed by atoms with Crippen LogP contribution in [0.3, 0.4) is 0 Å². The van der Waals surface area contributed by atoms with E-state index in [-0.39, 0.29) is 0 Å². The van der Waals surface area contributed by atoms with Crippen molar-refractivity contribution in [1.29, 1.82) is 0 Å². The molecule has 28 heavy (non-hydrogen) atoms. The molecule has 0 aliphatic heterocycles. The van der Waals surface area contributed by atoms with Gasteiger partial charge in [-0.05, 0) is 61.8 Å². The van der Waals surface area contributed by atoms with Crippen molar-refractivity contribution >= 4 is 38.3 Å². The molecule has 140 valence electrons. The van der Waals surface area contributed by atoms with E-state index in [9.17, 15) is 0 Å². The number of benzene rings is 3. The summed E-state index contributed by atoms with van der Waals surface area (Å²) in [6.45, 7) is 0.613. The second-order valence-corrected chi connectivity index (χ2v) is 7.72. The van der Waals surface area contributed by atoms with Crippen LogP contribution in [0.5, 0.6) is 5.75 Å². The largest absolute Gasteiger partial charge is 0.492 e. The Labute approximate surface area is 178 Å². The third-order valence-electron chi connectivity index (χ3n) is 4.75. The molecule has 0 unspecified atom stereocenters. The van der Waals surface area contributed by atoms with Gasteiger partial charge in [-0.1, -0.05) is 48.5 Å². The van der Waals surface area contributed by atoms with Crippen LogP contribution in [-0.4, -0.2) is 11.6 Å². The first-order chi connectivity index (χ1) is 13.7. The minimum Gasteiger partial charge on any atom is -0.492 e. The summed E-state index contributed by atoms with van der Waals surface area (Å²) in [5, 5.41) is 2.37. The lowest BCUT2D eigenvalue weighted by molar-refractivity contribution is 0.320. The van der Waals surface area contributed by atoms with Crippen LogP contribution < -0.4 is 4.74 Å². The zero-order chi connectivity index (χ0) is 19.3. The number of rotatable bonds is 6. The summed E-state index contributed by atoms with van der Waals surface area (Å²) in [5.74, 6) is 1.31. The maximum atomic E-state index is 5.94. The number of alkyl halides is 1. The van der Waals surface area contributed by atoms with Crippen LogP contribution in [0.15, 0.2) is 83.6 Å². The Kier molecular flexibility index (Phi) is 5.94. The summed E-state index contributed by atoms with van der Waals surface area (Å²) in [6, 6.07) is 23.0. The van der Waals surface area contributed by atoms with E-state index in [1.54, 1.807) is 0 Å². The number of halogens is 2. The lowest BCUT2D eigenvalue weighted by Crippen LogP contribution is -2.02. The average Bonchev–Trinajstić information content (AvgIpc) is 2.75. The van der Waals surface area contributed by atoms with Crippen LogP contribution in [0.1, 0.15) is 11.1 Å². The molecule has 0 radical (unpaired) electrons. The molecule has 0 saturated carbocycles. The molecule has 4 heteroatoms. The normalized spacial score (nSPS) is 10.9. The quantitative estimate of drug-likeness (QED) is 0.293. The van der Waals surface area contributed by atoms with Gasteiger partial charge in [-0.3, -0.25) is 4.98 Å². The van der Waals surface area contributed by atoms with Crippen LogP contribution >= 0.6 is 27.5 Å². The highest BCUT2D eigenvalue weighted by atomic mass is 79.9. The smallest absolute Gasteiger partial charge is 0.133 e. The van der Waals surface area contributed by atoms with E-state index >= 15 is 0 Å². The molecule has 0 spiro atoms. The predicted octanol–water partition coefficient (Wildman–Crippen LogP) is 7.02. The third-order valence-corrected chi connectivity index (χ3v) is 5.71. The third kappa shape index (κ3) is 4.21. The Morgan fingerprint density at radius 1 is 0.929 bits per heavy atom. The number of nitrogens with zero attached hydrogens (tertiary/aromatic N) is 1. The Hall–Kier alpha value is -2.36. The molecule has 4 aromatic rings. The fourth-order valence-corrected chi connectivity index (χ4v) is 3.76. The van der Waals surface area contributed by atoms with Crippen LogP contribution in [-0.2, 0) is 12.3 Å². The first-order valence-electron chi connectivity index (χ1n) is 9.14. The summed E-state index contributed by atoms with van der Waals surface area (Å²) in [7, 11) is 0. The minimum atomic E-state index is 0.481. The summed E-state index contributed by atoms with van der Waals surface area (Å²) in [4.78, 5) is 4.28. The van der Waals surface area contributed by atoms with Crippen LogP contribution in [0, 0.1) is 0 Å². The molecular formula is C24H19BrClNO. The standard InChI is InChI=1S/C24H19BrClNO/c25-23-9-6-18(15-26)14-24(23)28-13-11-17-4-7-20(8-5-17)21-3-1-2-19-10-12-27-16-22(19)21/h1-10,12,14,16H,11,13,15H2. The van der Waals surface area contributed by atoms with Crippen molar-refractivity contribution in [1.82, 2.24) is 4.98 Å². The van der Waals surface area contributed by atoms with Crippen molar-refractivity contribution in [2.75, 3.05) is 6.61 Å². The number of hydrogen-bond acceptors (Lipinski definition) is 2. The number of aromatic nitrogens is 1. The minimum absolute atomic E-state index is 0.481. The predicted molar refractivity (Wildman–Crippen MR) is 120 cm³/mol. The molecule has 3 aromatic carbocycles. The van der Waals surface area contributed by atoms with Gasteiger partial charge in [0, 0.05) is 30.1 Å². The molecule has 2 nitrogen and oxygen atoms in total. The Morgan fingerprint density at radius 3 is 2.57 bits per heavy atom. The molecule has 1 aromatic heterocycles. The van der Waals surface area contributed by atoms with E-state index in [0.29, 0.717) is 12.5 Å². The lowest BCUT2D eigenvalue weighted by Gasteiger charge is -2.10. The van der Waals surface area contributed by atoms with E-state index in [1.165, 1.54) is 27.5 Å². The number of fused-ring (bicyclic) bond motifs is 1. The number of hydrogen-bond donors (Lipinski definition) is 0. The number of ether oxygens (including phenoxy) is 1. The zero-order valence-electron chi connectivity index (χ0n) is 15.2. The van der Waals surface area contributed by atoms with Gasteiger partial charge in [-0.25, -0.2) is 0 Å². The highest BCUT2D eigenvalue weighted by Gasteiger charge is 2.05. The first kappa shape index (κ1) is 19.0. The SMILES string of the molecule is ClCc1ccc(Br)c(OCCc2ccc(-c3cccc4ccncc34)cc2)c1. The molecule has 0 saturated heterocycles. The van der Waals surface area contributed by atoms with Crippen LogP contribution in [0.2, 0.25) is 0 Å². The van der Waals surface area contributed by atoms with Gasteiger partial charge in [-0.2, -0.15) is 0 Å². The Bertz CT molecular complexity index is 1090. The fraction of sp³-hybridized carbons (Fsp3) is 0.125. The lowest BCUT2D eigenvalue weighted by atomic mass is 9.98. The van der Waals surface area contributed by atoms with Crippen molar-refractivity contribution in [2.45, 2.75) is 12.3 Å². The van der Waals surface area contributed by atoms with E-state index < -0.39 is 0 Å². The van der Waals surface area contributed by atoms with Crippen molar-refractivity contribution in [3.63, 3.8) is 0 Å². The molecule has 0 aliphatic rings. The molecule has 0 fully saturated rings. The van der Waals surface area contributed by atoms with Crippen molar-refractivity contribution in [2.24, 2.45) is 0 Å². The molecule has 0 atom stereocenters. The second kappa shape index (κ2) is 8.76. The van der Waals surface area contributed by atoms with Gasteiger partial charge in [0.05, 0.1) is 11.1 Å². The van der Waals surface area contributed by atoms with Gasteiger partial charge in [0.25, 0.3) is 0 Å². The van der Waals surface area contributed by atoms with Crippen molar-refractivity contribution in [3.8, 4) is 16.9 Å². The van der Waals surface area contributed by atoms with Gasteiger partial charge >= 0.3 is 0 Å². The van der Waals surface area contributed by atoms with E-state index in [1.807, 2.05) is 36.7 Å². The second-order valence-electron chi connectivity index (χ2n) is 6.60. The summed E-state index contributed by atoms with van der Waals surface area (Å²) in [5.41, 5.74) is 4.69. The molecule has 0 bridgehead atoms. The number of pyridine rings is 1. The van der Waals surface area contributed by atoms with Gasteiger partial charge in [0.15, 0.2) is 0 Å².